The Hall–Kier alpha value is -1.42. The van der Waals surface area contributed by atoms with Gasteiger partial charge in [0.25, 0.3) is 0 Å². The molecule has 0 aliphatic heterocycles. The van der Waals surface area contributed by atoms with E-state index in [1.807, 2.05) is 36.9 Å². The van der Waals surface area contributed by atoms with E-state index < -0.39 is 0 Å². The first-order valence-electron chi connectivity index (χ1n) is 6.94. The zero-order valence-electron chi connectivity index (χ0n) is 11.8. The van der Waals surface area contributed by atoms with Crippen LogP contribution in [0.2, 0.25) is 0 Å². The van der Waals surface area contributed by atoms with Crippen LogP contribution < -0.4 is 5.73 Å². The lowest BCUT2D eigenvalue weighted by molar-refractivity contribution is -0.132. The van der Waals surface area contributed by atoms with Crippen LogP contribution in [0.25, 0.3) is 0 Å². The fourth-order valence-corrected chi connectivity index (χ4v) is 2.05. The van der Waals surface area contributed by atoms with Crippen LogP contribution in [-0.2, 0) is 11.3 Å². The first kappa shape index (κ1) is 14.0. The van der Waals surface area contributed by atoms with Crippen LogP contribution in [0.15, 0.2) is 24.4 Å². The van der Waals surface area contributed by atoms with Gasteiger partial charge in [-0.05, 0) is 45.2 Å². The Labute approximate surface area is 115 Å². The molecule has 4 nitrogen and oxygen atoms in total. The molecule has 0 radical (unpaired) electrons. The molecule has 0 aromatic carbocycles. The van der Waals surface area contributed by atoms with Crippen LogP contribution in [0.1, 0.15) is 45.2 Å². The summed E-state index contributed by atoms with van der Waals surface area (Å²) in [4.78, 5) is 18.6. The number of pyridine rings is 1. The number of nitrogens with zero attached hydrogens (tertiary/aromatic N) is 2. The molecule has 19 heavy (non-hydrogen) atoms. The standard InChI is InChI=1S/C15H23N3O/c1-15(2,16)9-8-14(19)18(13-6-7-13)11-12-5-3-4-10-17-12/h3-5,10,13H,6-9,11,16H2,1-2H3. The normalized spacial score (nSPS) is 15.3. The maximum Gasteiger partial charge on any atom is 0.223 e. The van der Waals surface area contributed by atoms with Gasteiger partial charge < -0.3 is 10.6 Å². The van der Waals surface area contributed by atoms with E-state index >= 15 is 0 Å². The number of aromatic nitrogens is 1. The summed E-state index contributed by atoms with van der Waals surface area (Å²) < 4.78 is 0. The van der Waals surface area contributed by atoms with Crippen molar-refractivity contribution in [3.8, 4) is 0 Å². The Balaban J connectivity index is 1.94. The number of amides is 1. The minimum absolute atomic E-state index is 0.201. The summed E-state index contributed by atoms with van der Waals surface area (Å²) >= 11 is 0. The van der Waals surface area contributed by atoms with Gasteiger partial charge in [-0.15, -0.1) is 0 Å². The molecule has 1 aliphatic carbocycles. The SMILES string of the molecule is CC(C)(N)CCC(=O)N(Cc1ccccn1)C1CC1. The molecule has 1 saturated carbocycles. The first-order valence-corrected chi connectivity index (χ1v) is 6.94. The fraction of sp³-hybridized carbons (Fsp3) is 0.600. The van der Waals surface area contributed by atoms with Gasteiger partial charge in [0.05, 0.1) is 12.2 Å². The van der Waals surface area contributed by atoms with E-state index in [0.717, 1.165) is 25.0 Å². The van der Waals surface area contributed by atoms with Crippen LogP contribution in [0.3, 0.4) is 0 Å². The van der Waals surface area contributed by atoms with Gasteiger partial charge in [0.1, 0.15) is 0 Å². The van der Waals surface area contributed by atoms with Gasteiger partial charge >= 0.3 is 0 Å². The topological polar surface area (TPSA) is 59.2 Å². The molecule has 1 amide bonds. The average molecular weight is 261 g/mol. The third-order valence-corrected chi connectivity index (χ3v) is 3.35. The molecule has 1 fully saturated rings. The summed E-state index contributed by atoms with van der Waals surface area (Å²) in [5.74, 6) is 0.201. The van der Waals surface area contributed by atoms with E-state index in [9.17, 15) is 4.79 Å². The van der Waals surface area contributed by atoms with Crippen LogP contribution in [0, 0.1) is 0 Å². The smallest absolute Gasteiger partial charge is 0.223 e. The molecule has 0 atom stereocenters. The summed E-state index contributed by atoms with van der Waals surface area (Å²) in [6, 6.07) is 6.23. The highest BCUT2D eigenvalue weighted by Crippen LogP contribution is 2.29. The largest absolute Gasteiger partial charge is 0.334 e. The molecule has 0 unspecified atom stereocenters. The van der Waals surface area contributed by atoms with Gasteiger partial charge in [-0.25, -0.2) is 0 Å². The van der Waals surface area contributed by atoms with Crippen LogP contribution in [0.4, 0.5) is 0 Å². The average Bonchev–Trinajstić information content (AvgIpc) is 3.18. The highest BCUT2D eigenvalue weighted by Gasteiger charge is 2.32. The van der Waals surface area contributed by atoms with E-state index in [0.29, 0.717) is 19.0 Å². The van der Waals surface area contributed by atoms with Crippen molar-refractivity contribution in [2.24, 2.45) is 5.73 Å². The molecule has 1 aliphatic rings. The molecule has 104 valence electrons. The maximum atomic E-state index is 12.3. The highest BCUT2D eigenvalue weighted by molar-refractivity contribution is 5.77. The summed E-state index contributed by atoms with van der Waals surface area (Å²) in [5.41, 5.74) is 6.62. The molecule has 0 saturated heterocycles. The van der Waals surface area contributed by atoms with Gasteiger partial charge in [-0.1, -0.05) is 6.07 Å². The Morgan fingerprint density at radius 1 is 1.47 bits per heavy atom. The minimum atomic E-state index is -0.282. The molecule has 4 heteroatoms. The number of carbonyl (C=O) groups is 1. The monoisotopic (exact) mass is 261 g/mol. The second kappa shape index (κ2) is 5.70. The maximum absolute atomic E-state index is 12.3. The molecule has 1 heterocycles. The molecule has 2 N–H and O–H groups in total. The van der Waals surface area contributed by atoms with Crippen LogP contribution in [0.5, 0.6) is 0 Å². The van der Waals surface area contributed by atoms with Gasteiger partial charge in [0.2, 0.25) is 5.91 Å². The first-order chi connectivity index (χ1) is 8.96. The van der Waals surface area contributed by atoms with Crippen molar-refractivity contribution in [1.82, 2.24) is 9.88 Å². The lowest BCUT2D eigenvalue weighted by atomic mass is 9.99. The fourth-order valence-electron chi connectivity index (χ4n) is 2.05. The van der Waals surface area contributed by atoms with Crippen molar-refractivity contribution in [3.63, 3.8) is 0 Å². The molecule has 0 bridgehead atoms. The predicted octanol–water partition coefficient (Wildman–Crippen LogP) is 2.09. The second-order valence-corrected chi connectivity index (χ2v) is 6.06. The molecular weight excluding hydrogens is 238 g/mol. The molecule has 0 spiro atoms. The van der Waals surface area contributed by atoms with E-state index in [1.54, 1.807) is 6.20 Å². The Morgan fingerprint density at radius 2 is 2.21 bits per heavy atom. The summed E-state index contributed by atoms with van der Waals surface area (Å²) in [5, 5.41) is 0. The van der Waals surface area contributed by atoms with Crippen molar-refractivity contribution in [3.05, 3.63) is 30.1 Å². The van der Waals surface area contributed by atoms with Gasteiger partial charge in [-0.2, -0.15) is 0 Å². The lowest BCUT2D eigenvalue weighted by Gasteiger charge is -2.24. The summed E-state index contributed by atoms with van der Waals surface area (Å²) in [6.45, 7) is 4.54. The summed E-state index contributed by atoms with van der Waals surface area (Å²) in [6.07, 6.45) is 5.24. The quantitative estimate of drug-likeness (QED) is 0.853. The Kier molecular flexibility index (Phi) is 4.20. The van der Waals surface area contributed by atoms with Gasteiger partial charge in [0.15, 0.2) is 0 Å². The third kappa shape index (κ3) is 4.63. The molecule has 1 aromatic rings. The van der Waals surface area contributed by atoms with E-state index in [-0.39, 0.29) is 11.4 Å². The van der Waals surface area contributed by atoms with Crippen molar-refractivity contribution in [2.75, 3.05) is 0 Å². The molecular formula is C15H23N3O. The zero-order valence-corrected chi connectivity index (χ0v) is 11.8. The van der Waals surface area contributed by atoms with E-state index in [1.165, 1.54) is 0 Å². The predicted molar refractivity (Wildman–Crippen MR) is 75.3 cm³/mol. The van der Waals surface area contributed by atoms with Crippen LogP contribution >= 0.6 is 0 Å². The highest BCUT2D eigenvalue weighted by atomic mass is 16.2. The summed E-state index contributed by atoms with van der Waals surface area (Å²) in [7, 11) is 0. The zero-order chi connectivity index (χ0) is 13.9. The molecule has 2 rings (SSSR count). The van der Waals surface area contributed by atoms with Crippen molar-refractivity contribution in [1.29, 1.82) is 0 Å². The third-order valence-electron chi connectivity index (χ3n) is 3.35. The van der Waals surface area contributed by atoms with E-state index in [4.69, 9.17) is 5.73 Å². The molecule has 1 aromatic heterocycles. The number of nitrogens with two attached hydrogens (primary N) is 1. The Bertz CT molecular complexity index is 421. The number of hydrogen-bond donors (Lipinski definition) is 1. The van der Waals surface area contributed by atoms with E-state index in [2.05, 4.69) is 4.98 Å². The van der Waals surface area contributed by atoms with Crippen molar-refractivity contribution in [2.45, 2.75) is 57.7 Å². The number of hydrogen-bond acceptors (Lipinski definition) is 3. The van der Waals surface area contributed by atoms with Gasteiger partial charge in [0, 0.05) is 24.2 Å². The number of rotatable bonds is 6. The van der Waals surface area contributed by atoms with Gasteiger partial charge in [-0.3, -0.25) is 9.78 Å². The van der Waals surface area contributed by atoms with Crippen LogP contribution in [-0.4, -0.2) is 27.4 Å². The second-order valence-electron chi connectivity index (χ2n) is 6.06. The van der Waals surface area contributed by atoms with Crippen molar-refractivity contribution >= 4 is 5.91 Å². The lowest BCUT2D eigenvalue weighted by Crippen LogP contribution is -2.37. The van der Waals surface area contributed by atoms with Crippen molar-refractivity contribution < 1.29 is 4.79 Å². The Morgan fingerprint density at radius 3 is 2.74 bits per heavy atom. The number of carbonyl (C=O) groups excluding carboxylic acids is 1. The minimum Gasteiger partial charge on any atom is -0.334 e.